The Morgan fingerprint density at radius 1 is 1.06 bits per heavy atom. The fourth-order valence-electron chi connectivity index (χ4n) is 4.61. The van der Waals surface area contributed by atoms with Crippen LogP contribution >= 0.6 is 12.2 Å². The van der Waals surface area contributed by atoms with Crippen LogP contribution in [0.2, 0.25) is 0 Å². The van der Waals surface area contributed by atoms with Crippen molar-refractivity contribution < 1.29 is 4.92 Å². The van der Waals surface area contributed by atoms with Crippen LogP contribution in [0.15, 0.2) is 18.2 Å². The molecule has 198 valence electrons. The summed E-state index contributed by atoms with van der Waals surface area (Å²) in [4.78, 5) is 18.6. The monoisotopic (exact) mass is 506 g/mol. The molecule has 1 aromatic rings. The number of aryl methyl sites for hydroxylation is 1. The topological polar surface area (TPSA) is 76.9 Å². The number of nitrogens with zero attached hydrogens (tertiary/aromatic N) is 4. The number of anilines is 1. The van der Waals surface area contributed by atoms with Gasteiger partial charge < -0.3 is 25.3 Å². The van der Waals surface area contributed by atoms with E-state index >= 15 is 0 Å². The van der Waals surface area contributed by atoms with Crippen molar-refractivity contribution in [2.45, 2.75) is 47.5 Å². The Morgan fingerprint density at radius 2 is 1.63 bits per heavy atom. The van der Waals surface area contributed by atoms with E-state index < -0.39 is 0 Å². The van der Waals surface area contributed by atoms with E-state index in [4.69, 9.17) is 12.2 Å². The van der Waals surface area contributed by atoms with Gasteiger partial charge in [-0.1, -0.05) is 33.8 Å². The van der Waals surface area contributed by atoms with E-state index in [0.29, 0.717) is 10.8 Å². The standard InChI is InChI=1S/C26H46N6O2S/c1-21(2)19-31(20-22(3)4)13-7-12-30-16-14-29(15-17-30)11-6-10-27-26(35)28-24-9-8-23(5)18-25(24)32(33)34/h8-9,18,21-22H,6-7,10-17,19-20H2,1-5H3,(H2,27,28,35). The van der Waals surface area contributed by atoms with Gasteiger partial charge in [0.15, 0.2) is 5.11 Å². The number of nitrogens with one attached hydrogen (secondary N) is 2. The molecule has 2 N–H and O–H groups in total. The maximum Gasteiger partial charge on any atom is 0.292 e. The third-order valence-corrected chi connectivity index (χ3v) is 6.44. The Labute approximate surface area is 217 Å². The Bertz CT molecular complexity index is 786. The van der Waals surface area contributed by atoms with Crippen molar-refractivity contribution in [3.8, 4) is 0 Å². The van der Waals surface area contributed by atoms with Crippen molar-refractivity contribution in [3.63, 3.8) is 0 Å². The minimum Gasteiger partial charge on any atom is -0.362 e. The van der Waals surface area contributed by atoms with Crippen LogP contribution in [-0.2, 0) is 0 Å². The highest BCUT2D eigenvalue weighted by Gasteiger charge is 2.18. The molecule has 0 aliphatic carbocycles. The zero-order valence-corrected chi connectivity index (χ0v) is 23.2. The molecule has 0 saturated carbocycles. The van der Waals surface area contributed by atoms with E-state index in [1.807, 2.05) is 13.0 Å². The number of rotatable bonds is 14. The molecule has 0 bridgehead atoms. The van der Waals surface area contributed by atoms with Crippen molar-refractivity contribution in [1.29, 1.82) is 0 Å². The van der Waals surface area contributed by atoms with Crippen molar-refractivity contribution in [3.05, 3.63) is 33.9 Å². The van der Waals surface area contributed by atoms with Gasteiger partial charge in [0.25, 0.3) is 5.69 Å². The Morgan fingerprint density at radius 3 is 2.17 bits per heavy atom. The average molecular weight is 507 g/mol. The zero-order valence-electron chi connectivity index (χ0n) is 22.4. The minimum atomic E-state index is -0.384. The van der Waals surface area contributed by atoms with Gasteiger partial charge in [0.2, 0.25) is 0 Å². The van der Waals surface area contributed by atoms with Crippen molar-refractivity contribution >= 4 is 28.7 Å². The molecule has 1 aliphatic heterocycles. The SMILES string of the molecule is Cc1ccc(NC(=S)NCCCN2CCN(CCCN(CC(C)C)CC(C)C)CC2)c([N+](=O)[O-])c1. The van der Waals surface area contributed by atoms with Crippen LogP contribution in [-0.4, -0.2) is 90.2 Å². The van der Waals surface area contributed by atoms with E-state index in [1.54, 1.807) is 12.1 Å². The lowest BCUT2D eigenvalue weighted by Gasteiger charge is -2.35. The molecule has 0 aromatic heterocycles. The number of hydrogen-bond acceptors (Lipinski definition) is 6. The Balaban J connectivity index is 1.60. The summed E-state index contributed by atoms with van der Waals surface area (Å²) in [6.45, 7) is 22.1. The van der Waals surface area contributed by atoms with Crippen molar-refractivity contribution in [1.82, 2.24) is 20.0 Å². The molecular weight excluding hydrogens is 460 g/mol. The predicted octanol–water partition coefficient (Wildman–Crippen LogP) is 4.20. The summed E-state index contributed by atoms with van der Waals surface area (Å²) in [6, 6.07) is 5.09. The summed E-state index contributed by atoms with van der Waals surface area (Å²) in [5, 5.41) is 17.8. The van der Waals surface area contributed by atoms with Gasteiger partial charge in [-0.3, -0.25) is 10.1 Å². The van der Waals surface area contributed by atoms with E-state index in [1.165, 1.54) is 32.6 Å². The summed E-state index contributed by atoms with van der Waals surface area (Å²) in [5.74, 6) is 1.44. The number of thiocarbonyl (C=S) groups is 1. The average Bonchev–Trinajstić information content (AvgIpc) is 2.78. The van der Waals surface area contributed by atoms with Crippen LogP contribution in [0.25, 0.3) is 0 Å². The molecule has 1 fully saturated rings. The second kappa shape index (κ2) is 15.3. The molecule has 0 atom stereocenters. The third kappa shape index (κ3) is 11.6. The molecule has 1 heterocycles. The second-order valence-corrected chi connectivity index (χ2v) is 11.0. The number of benzene rings is 1. The van der Waals surface area contributed by atoms with Crippen LogP contribution < -0.4 is 10.6 Å². The highest BCUT2D eigenvalue weighted by molar-refractivity contribution is 7.80. The third-order valence-electron chi connectivity index (χ3n) is 6.20. The van der Waals surface area contributed by atoms with E-state index in [9.17, 15) is 10.1 Å². The summed E-state index contributed by atoms with van der Waals surface area (Å²) in [5.41, 5.74) is 1.31. The summed E-state index contributed by atoms with van der Waals surface area (Å²) >= 11 is 5.34. The molecule has 0 amide bonds. The van der Waals surface area contributed by atoms with Crippen LogP contribution in [0.3, 0.4) is 0 Å². The molecule has 1 aliphatic rings. The smallest absolute Gasteiger partial charge is 0.292 e. The molecule has 35 heavy (non-hydrogen) atoms. The molecule has 1 aromatic carbocycles. The first-order valence-corrected chi connectivity index (χ1v) is 13.5. The number of hydrogen-bond donors (Lipinski definition) is 2. The van der Waals surface area contributed by atoms with Gasteiger partial charge in [-0.25, -0.2) is 0 Å². The number of nitro groups is 1. The Hall–Kier alpha value is -1.81. The summed E-state index contributed by atoms with van der Waals surface area (Å²) in [7, 11) is 0. The maximum absolute atomic E-state index is 11.3. The van der Waals surface area contributed by atoms with E-state index in [2.05, 4.69) is 53.0 Å². The molecule has 9 heteroatoms. The number of nitro benzene ring substituents is 1. The Kier molecular flexibility index (Phi) is 12.9. The van der Waals surface area contributed by atoms with Gasteiger partial charge in [-0.2, -0.15) is 0 Å². The lowest BCUT2D eigenvalue weighted by molar-refractivity contribution is -0.383. The molecule has 2 rings (SSSR count). The first-order chi connectivity index (χ1) is 16.6. The molecule has 0 spiro atoms. The van der Waals surface area contributed by atoms with Crippen LogP contribution in [0.4, 0.5) is 11.4 Å². The molecule has 8 nitrogen and oxygen atoms in total. The maximum atomic E-state index is 11.3. The zero-order chi connectivity index (χ0) is 25.8. The second-order valence-electron chi connectivity index (χ2n) is 10.6. The van der Waals surface area contributed by atoms with Gasteiger partial charge in [0.05, 0.1) is 4.92 Å². The van der Waals surface area contributed by atoms with Crippen molar-refractivity contribution in [2.24, 2.45) is 11.8 Å². The van der Waals surface area contributed by atoms with Crippen LogP contribution in [0.1, 0.15) is 46.1 Å². The molecule has 1 saturated heterocycles. The molecular formula is C26H46N6O2S. The van der Waals surface area contributed by atoms with Crippen LogP contribution in [0.5, 0.6) is 0 Å². The highest BCUT2D eigenvalue weighted by Crippen LogP contribution is 2.25. The van der Waals surface area contributed by atoms with Gasteiger partial charge in [-0.05, 0) is 75.1 Å². The highest BCUT2D eigenvalue weighted by atomic mass is 32.1. The normalized spacial score (nSPS) is 15.2. The van der Waals surface area contributed by atoms with Crippen LogP contribution in [0, 0.1) is 28.9 Å². The fraction of sp³-hybridized carbons (Fsp3) is 0.731. The lowest BCUT2D eigenvalue weighted by atomic mass is 10.1. The minimum absolute atomic E-state index is 0.0413. The van der Waals surface area contributed by atoms with E-state index in [-0.39, 0.29) is 10.6 Å². The van der Waals surface area contributed by atoms with Gasteiger partial charge in [0.1, 0.15) is 5.69 Å². The molecule has 0 radical (unpaired) electrons. The first-order valence-electron chi connectivity index (χ1n) is 13.1. The van der Waals surface area contributed by atoms with Gasteiger partial charge >= 0.3 is 0 Å². The predicted molar refractivity (Wildman–Crippen MR) is 150 cm³/mol. The van der Waals surface area contributed by atoms with Crippen molar-refractivity contribution in [2.75, 3.05) is 70.8 Å². The largest absolute Gasteiger partial charge is 0.362 e. The number of piperazine rings is 1. The van der Waals surface area contributed by atoms with Gasteiger partial charge in [0, 0.05) is 51.9 Å². The lowest BCUT2D eigenvalue weighted by Crippen LogP contribution is -2.47. The summed E-state index contributed by atoms with van der Waals surface area (Å²) < 4.78 is 0. The quantitative estimate of drug-likeness (QED) is 0.168. The molecule has 0 unspecified atom stereocenters. The van der Waals surface area contributed by atoms with E-state index in [0.717, 1.165) is 63.1 Å². The fourth-order valence-corrected chi connectivity index (χ4v) is 4.83. The first kappa shape index (κ1) is 29.4. The summed E-state index contributed by atoms with van der Waals surface area (Å²) in [6.07, 6.45) is 2.23. The van der Waals surface area contributed by atoms with Gasteiger partial charge in [-0.15, -0.1) is 0 Å².